The van der Waals surface area contributed by atoms with Gasteiger partial charge in [0.25, 0.3) is 0 Å². The van der Waals surface area contributed by atoms with E-state index < -0.39 is 0 Å². The quantitative estimate of drug-likeness (QED) is 0.171. The van der Waals surface area contributed by atoms with E-state index in [2.05, 4.69) is 65.7 Å². The van der Waals surface area contributed by atoms with Gasteiger partial charge in [-0.1, -0.05) is 50.6 Å². The first kappa shape index (κ1) is 33.6. The Hall–Kier alpha value is -4.43. The summed E-state index contributed by atoms with van der Waals surface area (Å²) in [6, 6.07) is 13.6. The topological polar surface area (TPSA) is 49.3 Å². The zero-order valence-corrected chi connectivity index (χ0v) is 25.0. The number of hydrogen-bond acceptors (Lipinski definition) is 4. The molecule has 0 spiro atoms. The van der Waals surface area contributed by atoms with Gasteiger partial charge < -0.3 is 10.6 Å². The summed E-state index contributed by atoms with van der Waals surface area (Å²) >= 11 is 0. The van der Waals surface area contributed by atoms with Crippen LogP contribution < -0.4 is 10.6 Å². The Morgan fingerprint density at radius 2 is 1.80 bits per heavy atom. The number of anilines is 2. The van der Waals surface area contributed by atoms with E-state index in [1.54, 1.807) is 18.5 Å². The molecule has 0 aliphatic carbocycles. The molecular weight excluding hydrogens is 495 g/mol. The highest BCUT2D eigenvalue weighted by Gasteiger charge is 2.08. The lowest BCUT2D eigenvalue weighted by molar-refractivity contribution is 0.628. The largest absolute Gasteiger partial charge is 0.386 e. The molecule has 1 heterocycles. The van der Waals surface area contributed by atoms with Gasteiger partial charge in [0.05, 0.1) is 11.4 Å². The number of rotatable bonds is 8. The summed E-state index contributed by atoms with van der Waals surface area (Å²) in [4.78, 5) is 8.40. The third kappa shape index (κ3) is 11.5. The SMILES string of the molecule is C#Cc1ccc(CCC)nc1.C=C/C=C(\C)c1cc(C)c(N=C(C)C)c(F)c1.C=CNc1ccc(C)cc1NC. The Morgan fingerprint density at radius 1 is 1.07 bits per heavy atom. The third-order valence-electron chi connectivity index (χ3n) is 5.61. The van der Waals surface area contributed by atoms with Gasteiger partial charge in [-0.2, -0.15) is 0 Å². The van der Waals surface area contributed by atoms with Gasteiger partial charge in [-0.25, -0.2) is 4.39 Å². The van der Waals surface area contributed by atoms with E-state index >= 15 is 0 Å². The predicted molar refractivity (Wildman–Crippen MR) is 174 cm³/mol. The summed E-state index contributed by atoms with van der Waals surface area (Å²) in [7, 11) is 1.91. The molecule has 5 heteroatoms. The van der Waals surface area contributed by atoms with Crippen LogP contribution in [0.25, 0.3) is 5.57 Å². The zero-order valence-electron chi connectivity index (χ0n) is 25.0. The van der Waals surface area contributed by atoms with Crippen molar-refractivity contribution in [1.82, 2.24) is 4.98 Å². The second kappa shape index (κ2) is 18.0. The van der Waals surface area contributed by atoms with Crippen LogP contribution in [0.15, 0.2) is 85.2 Å². The Morgan fingerprint density at radius 3 is 2.30 bits per heavy atom. The van der Waals surface area contributed by atoms with Crippen molar-refractivity contribution in [2.24, 2.45) is 4.99 Å². The van der Waals surface area contributed by atoms with Crippen molar-refractivity contribution in [3.8, 4) is 12.3 Å². The van der Waals surface area contributed by atoms with E-state index in [0.717, 1.165) is 57.9 Å². The Bertz CT molecular complexity index is 1330. The van der Waals surface area contributed by atoms with Gasteiger partial charge in [0.1, 0.15) is 11.5 Å². The molecule has 3 aromatic rings. The number of aryl methyl sites for hydroxylation is 3. The molecule has 0 saturated carbocycles. The van der Waals surface area contributed by atoms with Gasteiger partial charge in [-0.05, 0) is 106 Å². The van der Waals surface area contributed by atoms with Crippen LogP contribution >= 0.6 is 0 Å². The second-order valence-corrected chi connectivity index (χ2v) is 9.35. The van der Waals surface area contributed by atoms with Crippen molar-refractivity contribution in [3.05, 3.63) is 114 Å². The molecule has 0 aliphatic rings. The summed E-state index contributed by atoms with van der Waals surface area (Å²) in [6.45, 7) is 19.0. The van der Waals surface area contributed by atoms with Crippen molar-refractivity contribution in [2.45, 2.75) is 54.4 Å². The lowest BCUT2D eigenvalue weighted by Crippen LogP contribution is -1.95. The fourth-order valence-corrected chi connectivity index (χ4v) is 3.62. The van der Waals surface area contributed by atoms with Crippen molar-refractivity contribution >= 4 is 28.3 Å². The molecule has 0 unspecified atom stereocenters. The number of nitrogens with one attached hydrogen (secondary N) is 2. The van der Waals surface area contributed by atoms with Crippen molar-refractivity contribution < 1.29 is 4.39 Å². The summed E-state index contributed by atoms with van der Waals surface area (Å²) in [6.07, 6.45) is 14.3. The van der Waals surface area contributed by atoms with Crippen LogP contribution in [0.2, 0.25) is 0 Å². The molecule has 40 heavy (non-hydrogen) atoms. The van der Waals surface area contributed by atoms with Crippen molar-refractivity contribution in [1.29, 1.82) is 0 Å². The number of pyridine rings is 1. The van der Waals surface area contributed by atoms with Crippen LogP contribution in [-0.4, -0.2) is 17.7 Å². The summed E-state index contributed by atoms with van der Waals surface area (Å²) in [5, 5.41) is 6.17. The van der Waals surface area contributed by atoms with Gasteiger partial charge in [0.2, 0.25) is 0 Å². The highest BCUT2D eigenvalue weighted by molar-refractivity contribution is 5.83. The minimum absolute atomic E-state index is 0.280. The smallest absolute Gasteiger partial charge is 0.149 e. The van der Waals surface area contributed by atoms with E-state index in [4.69, 9.17) is 6.42 Å². The fourth-order valence-electron chi connectivity index (χ4n) is 3.62. The number of allylic oxidation sites excluding steroid dienone is 3. The first-order chi connectivity index (χ1) is 19.1. The van der Waals surface area contributed by atoms with E-state index in [-0.39, 0.29) is 5.82 Å². The van der Waals surface area contributed by atoms with E-state index in [1.165, 1.54) is 11.6 Å². The monoisotopic (exact) mass is 538 g/mol. The molecule has 0 atom stereocenters. The van der Waals surface area contributed by atoms with E-state index in [1.807, 2.05) is 65.1 Å². The molecule has 2 aromatic carbocycles. The van der Waals surface area contributed by atoms with Gasteiger partial charge in [0.15, 0.2) is 0 Å². The van der Waals surface area contributed by atoms with Crippen molar-refractivity contribution in [2.75, 3.05) is 17.7 Å². The molecule has 0 aliphatic heterocycles. The molecule has 1 aromatic heterocycles. The molecule has 2 N–H and O–H groups in total. The summed E-state index contributed by atoms with van der Waals surface area (Å²) in [5.74, 6) is 2.25. The van der Waals surface area contributed by atoms with Crippen LogP contribution in [0.3, 0.4) is 0 Å². The summed E-state index contributed by atoms with van der Waals surface area (Å²) in [5.41, 5.74) is 9.34. The van der Waals surface area contributed by atoms with E-state index in [9.17, 15) is 4.39 Å². The molecule has 3 rings (SSSR count). The molecule has 210 valence electrons. The number of aromatic nitrogens is 1. The van der Waals surface area contributed by atoms with Crippen LogP contribution in [0, 0.1) is 32.0 Å². The number of halogens is 1. The molecule has 4 nitrogen and oxygen atoms in total. The minimum atomic E-state index is -0.280. The predicted octanol–water partition coefficient (Wildman–Crippen LogP) is 9.44. The van der Waals surface area contributed by atoms with Crippen molar-refractivity contribution in [3.63, 3.8) is 0 Å². The first-order valence-corrected chi connectivity index (χ1v) is 13.3. The fraction of sp³-hybridized carbons (Fsp3) is 0.257. The standard InChI is InChI=1S/C15H18FN.C10H14N2.C10H11N/c1-6-7-11(4)13-8-12(5)15(14(16)9-13)17-10(2)3;1-4-12-9-6-5-8(2)7-10(9)11-3;1-3-5-10-7-6-9(4-2)8-11-10/h6-9H,1H2,2-5H3;4-7,11-12H,1H2,2-3H3;2,6-8H,3,5H2,1H3/b11-7+;;. The maximum absolute atomic E-state index is 13.9. The zero-order chi connectivity index (χ0) is 30.1. The number of benzene rings is 2. The number of aliphatic imine (C=N–C) groups is 1. The highest BCUT2D eigenvalue weighted by atomic mass is 19.1. The molecule has 0 saturated heterocycles. The molecule has 0 radical (unpaired) electrons. The number of nitrogens with zero attached hydrogens (tertiary/aromatic N) is 2. The van der Waals surface area contributed by atoms with Crippen LogP contribution in [0.1, 0.15) is 62.1 Å². The normalized spacial score (nSPS) is 10.0. The van der Waals surface area contributed by atoms with Gasteiger partial charge in [-0.3, -0.25) is 9.98 Å². The summed E-state index contributed by atoms with van der Waals surface area (Å²) < 4.78 is 13.9. The lowest BCUT2D eigenvalue weighted by atomic mass is 10.0. The Kier molecular flexibility index (Phi) is 15.1. The minimum Gasteiger partial charge on any atom is -0.386 e. The molecule has 0 amide bonds. The molecule has 0 bridgehead atoms. The average Bonchev–Trinajstić information content (AvgIpc) is 2.93. The Balaban J connectivity index is 0.000000309. The first-order valence-electron chi connectivity index (χ1n) is 13.3. The Labute approximate surface area is 240 Å². The highest BCUT2D eigenvalue weighted by Crippen LogP contribution is 2.28. The van der Waals surface area contributed by atoms with Gasteiger partial charge in [0, 0.05) is 30.2 Å². The lowest BCUT2D eigenvalue weighted by Gasteiger charge is -2.08. The average molecular weight is 539 g/mol. The van der Waals surface area contributed by atoms with Gasteiger partial charge >= 0.3 is 0 Å². The maximum Gasteiger partial charge on any atom is 0.149 e. The van der Waals surface area contributed by atoms with E-state index in [0.29, 0.717) is 5.69 Å². The second-order valence-electron chi connectivity index (χ2n) is 9.35. The number of hydrogen-bond donors (Lipinski definition) is 2. The molecule has 0 fully saturated rings. The maximum atomic E-state index is 13.9. The van der Waals surface area contributed by atoms with Gasteiger partial charge in [-0.15, -0.1) is 6.42 Å². The van der Waals surface area contributed by atoms with Crippen LogP contribution in [0.5, 0.6) is 0 Å². The van der Waals surface area contributed by atoms with Crippen LogP contribution in [0.4, 0.5) is 21.5 Å². The van der Waals surface area contributed by atoms with Crippen LogP contribution in [-0.2, 0) is 6.42 Å². The number of terminal acetylenes is 1. The molecular formula is C35H43FN4. The third-order valence-corrected chi connectivity index (χ3v) is 5.61.